The molecule has 0 spiro atoms. The van der Waals surface area contributed by atoms with E-state index < -0.39 is 5.97 Å². The van der Waals surface area contributed by atoms with E-state index in [1.54, 1.807) is 0 Å². The molecule has 0 aliphatic rings. The smallest absolute Gasteiger partial charge is 0.304 e. The summed E-state index contributed by atoms with van der Waals surface area (Å²) in [6.07, 6.45) is 0.0908. The Morgan fingerprint density at radius 3 is 2.46 bits per heavy atom. The van der Waals surface area contributed by atoms with Crippen LogP contribution in [0.4, 0.5) is 0 Å². The Morgan fingerprint density at radius 1 is 1.38 bits per heavy atom. The lowest BCUT2D eigenvalue weighted by molar-refractivity contribution is -0.137. The van der Waals surface area contributed by atoms with Crippen LogP contribution in [0.25, 0.3) is 0 Å². The van der Waals surface area contributed by atoms with Gasteiger partial charge in [0.1, 0.15) is 0 Å². The second kappa shape index (κ2) is 4.87. The van der Waals surface area contributed by atoms with E-state index in [1.165, 1.54) is 0 Å². The highest BCUT2D eigenvalue weighted by molar-refractivity contribution is 6.18. The minimum atomic E-state index is -0.811. The van der Waals surface area contributed by atoms with E-state index in [2.05, 4.69) is 0 Å². The first-order chi connectivity index (χ1) is 6.24. The molecule has 0 amide bonds. The van der Waals surface area contributed by atoms with Crippen molar-refractivity contribution in [3.8, 4) is 0 Å². The molecule has 1 unspecified atom stereocenters. The first-order valence-electron chi connectivity index (χ1n) is 4.06. The van der Waals surface area contributed by atoms with Crippen LogP contribution in [0, 0.1) is 0 Å². The van der Waals surface area contributed by atoms with E-state index in [-0.39, 0.29) is 12.3 Å². The summed E-state index contributed by atoms with van der Waals surface area (Å²) in [5.41, 5.74) is 0.986. The largest absolute Gasteiger partial charge is 0.481 e. The zero-order valence-electron chi connectivity index (χ0n) is 7.11. The third kappa shape index (κ3) is 3.07. The molecule has 0 aliphatic carbocycles. The van der Waals surface area contributed by atoms with Crippen LogP contribution in [0.15, 0.2) is 30.3 Å². The summed E-state index contributed by atoms with van der Waals surface area (Å²) < 4.78 is 0. The fourth-order valence-corrected chi connectivity index (χ4v) is 1.48. The van der Waals surface area contributed by atoms with Gasteiger partial charge in [0.15, 0.2) is 0 Å². The predicted molar refractivity (Wildman–Crippen MR) is 52.2 cm³/mol. The summed E-state index contributed by atoms with van der Waals surface area (Å²) in [5, 5.41) is 8.62. The van der Waals surface area contributed by atoms with Gasteiger partial charge in [-0.1, -0.05) is 30.3 Å². The van der Waals surface area contributed by atoms with E-state index in [1.807, 2.05) is 30.3 Å². The molecule has 1 aromatic rings. The van der Waals surface area contributed by atoms with Gasteiger partial charge in [-0.3, -0.25) is 4.79 Å². The molecule has 0 bridgehead atoms. The first-order valence-corrected chi connectivity index (χ1v) is 4.60. The standard InChI is InChI=1S/C10H11ClO2/c11-7-9(6-10(12)13)8-4-2-1-3-5-8/h1-5,9H,6-7H2,(H,12,13). The number of aliphatic carboxylic acids is 1. The molecule has 2 nitrogen and oxygen atoms in total. The van der Waals surface area contributed by atoms with Crippen LogP contribution in [0.2, 0.25) is 0 Å². The van der Waals surface area contributed by atoms with Crippen LogP contribution in [0.1, 0.15) is 17.9 Å². The van der Waals surface area contributed by atoms with Crippen molar-refractivity contribution in [2.75, 3.05) is 5.88 Å². The van der Waals surface area contributed by atoms with Gasteiger partial charge in [0.2, 0.25) is 0 Å². The average Bonchev–Trinajstić information content (AvgIpc) is 2.15. The zero-order chi connectivity index (χ0) is 9.68. The summed E-state index contributed by atoms with van der Waals surface area (Å²) in [6, 6.07) is 9.47. The Hall–Kier alpha value is -1.02. The minimum Gasteiger partial charge on any atom is -0.481 e. The zero-order valence-corrected chi connectivity index (χ0v) is 7.87. The third-order valence-electron chi connectivity index (χ3n) is 1.88. The molecule has 70 valence electrons. The number of carbonyl (C=O) groups is 1. The maximum absolute atomic E-state index is 10.5. The minimum absolute atomic E-state index is 0.0830. The summed E-state index contributed by atoms with van der Waals surface area (Å²) in [4.78, 5) is 10.5. The molecule has 0 saturated carbocycles. The summed E-state index contributed by atoms with van der Waals surface area (Å²) in [5.74, 6) is -0.550. The molecule has 3 heteroatoms. The van der Waals surface area contributed by atoms with E-state index >= 15 is 0 Å². The predicted octanol–water partition coefficient (Wildman–Crippen LogP) is 2.48. The number of hydrogen-bond acceptors (Lipinski definition) is 1. The maximum atomic E-state index is 10.5. The Morgan fingerprint density at radius 2 is 2.00 bits per heavy atom. The molecule has 0 fully saturated rings. The van der Waals surface area contributed by atoms with Gasteiger partial charge in [-0.25, -0.2) is 0 Å². The van der Waals surface area contributed by atoms with Crippen molar-refractivity contribution in [3.63, 3.8) is 0 Å². The van der Waals surface area contributed by atoms with Crippen molar-refractivity contribution >= 4 is 17.6 Å². The van der Waals surface area contributed by atoms with E-state index in [4.69, 9.17) is 16.7 Å². The summed E-state index contributed by atoms with van der Waals surface area (Å²) >= 11 is 5.68. The molecular weight excluding hydrogens is 188 g/mol. The number of benzene rings is 1. The van der Waals surface area contributed by atoms with Crippen molar-refractivity contribution in [1.29, 1.82) is 0 Å². The number of hydrogen-bond donors (Lipinski definition) is 1. The van der Waals surface area contributed by atoms with E-state index in [9.17, 15) is 4.79 Å². The average molecular weight is 199 g/mol. The molecule has 0 saturated heterocycles. The van der Waals surface area contributed by atoms with Crippen LogP contribution in [0.5, 0.6) is 0 Å². The molecule has 1 rings (SSSR count). The fourth-order valence-electron chi connectivity index (χ4n) is 1.20. The van der Waals surface area contributed by atoms with Crippen LogP contribution in [0.3, 0.4) is 0 Å². The number of halogens is 1. The number of alkyl halides is 1. The van der Waals surface area contributed by atoms with Crippen molar-refractivity contribution in [2.24, 2.45) is 0 Å². The Labute approximate surface area is 82.2 Å². The molecule has 1 N–H and O–H groups in total. The molecule has 0 radical (unpaired) electrons. The van der Waals surface area contributed by atoms with Crippen LogP contribution in [-0.2, 0) is 4.79 Å². The van der Waals surface area contributed by atoms with Gasteiger partial charge in [-0.05, 0) is 5.56 Å². The van der Waals surface area contributed by atoms with Gasteiger partial charge in [0.25, 0.3) is 0 Å². The van der Waals surface area contributed by atoms with Gasteiger partial charge < -0.3 is 5.11 Å². The Kier molecular flexibility index (Phi) is 3.77. The van der Waals surface area contributed by atoms with Gasteiger partial charge in [0, 0.05) is 11.8 Å². The molecule has 0 aliphatic heterocycles. The molecule has 13 heavy (non-hydrogen) atoms. The highest BCUT2D eigenvalue weighted by Crippen LogP contribution is 2.20. The van der Waals surface area contributed by atoms with E-state index in [0.29, 0.717) is 5.88 Å². The summed E-state index contributed by atoms with van der Waals surface area (Å²) in [7, 11) is 0. The van der Waals surface area contributed by atoms with Gasteiger partial charge in [0.05, 0.1) is 6.42 Å². The number of carboxylic acids is 1. The SMILES string of the molecule is O=C(O)CC(CCl)c1ccccc1. The van der Waals surface area contributed by atoms with Crippen molar-refractivity contribution in [1.82, 2.24) is 0 Å². The lowest BCUT2D eigenvalue weighted by atomic mass is 9.98. The second-order valence-electron chi connectivity index (χ2n) is 2.86. The lowest BCUT2D eigenvalue weighted by Gasteiger charge is -2.10. The monoisotopic (exact) mass is 198 g/mol. The van der Waals surface area contributed by atoms with Gasteiger partial charge >= 0.3 is 5.97 Å². The topological polar surface area (TPSA) is 37.3 Å². The Bertz CT molecular complexity index is 272. The molecule has 1 aromatic carbocycles. The van der Waals surface area contributed by atoms with Crippen molar-refractivity contribution in [2.45, 2.75) is 12.3 Å². The van der Waals surface area contributed by atoms with Crippen molar-refractivity contribution < 1.29 is 9.90 Å². The highest BCUT2D eigenvalue weighted by Gasteiger charge is 2.13. The maximum Gasteiger partial charge on any atom is 0.304 e. The van der Waals surface area contributed by atoms with Crippen LogP contribution >= 0.6 is 11.6 Å². The number of carboxylic acid groups (broad SMARTS) is 1. The van der Waals surface area contributed by atoms with Gasteiger partial charge in [-0.2, -0.15) is 0 Å². The molecular formula is C10H11ClO2. The quantitative estimate of drug-likeness (QED) is 0.755. The second-order valence-corrected chi connectivity index (χ2v) is 3.17. The van der Waals surface area contributed by atoms with E-state index in [0.717, 1.165) is 5.56 Å². The van der Waals surface area contributed by atoms with Crippen LogP contribution < -0.4 is 0 Å². The summed E-state index contributed by atoms with van der Waals surface area (Å²) in [6.45, 7) is 0. The molecule has 1 atom stereocenters. The van der Waals surface area contributed by atoms with Crippen LogP contribution in [-0.4, -0.2) is 17.0 Å². The normalized spacial score (nSPS) is 12.4. The fraction of sp³-hybridized carbons (Fsp3) is 0.300. The number of rotatable bonds is 4. The molecule has 0 aromatic heterocycles. The first kappa shape index (κ1) is 10.1. The third-order valence-corrected chi connectivity index (χ3v) is 2.25. The van der Waals surface area contributed by atoms with Gasteiger partial charge in [-0.15, -0.1) is 11.6 Å². The van der Waals surface area contributed by atoms with Crippen molar-refractivity contribution in [3.05, 3.63) is 35.9 Å². The Balaban J connectivity index is 2.73. The molecule has 0 heterocycles. The highest BCUT2D eigenvalue weighted by atomic mass is 35.5. The lowest BCUT2D eigenvalue weighted by Crippen LogP contribution is -2.07.